The summed E-state index contributed by atoms with van der Waals surface area (Å²) < 4.78 is 12.3. The second-order valence-corrected chi connectivity index (χ2v) is 13.2. The van der Waals surface area contributed by atoms with Gasteiger partial charge >= 0.3 is 0 Å². The molecule has 0 amide bonds. The van der Waals surface area contributed by atoms with Gasteiger partial charge in [0, 0.05) is 16.2 Å². The van der Waals surface area contributed by atoms with E-state index in [-0.39, 0.29) is 0 Å². The maximum atomic E-state index is 6.53. The Balaban J connectivity index is 1.19. The van der Waals surface area contributed by atoms with Crippen molar-refractivity contribution in [3.63, 3.8) is 0 Å². The third-order valence-electron chi connectivity index (χ3n) is 10.5. The van der Waals surface area contributed by atoms with Crippen molar-refractivity contribution in [3.05, 3.63) is 170 Å². The van der Waals surface area contributed by atoms with E-state index >= 15 is 0 Å². The maximum Gasteiger partial charge on any atom is 0.136 e. The number of benzene rings is 9. The normalized spacial score (nSPS) is 12.0. The van der Waals surface area contributed by atoms with E-state index in [1.54, 1.807) is 6.26 Å². The fourth-order valence-corrected chi connectivity index (χ4v) is 8.34. The van der Waals surface area contributed by atoms with E-state index in [0.717, 1.165) is 33.1 Å². The first-order valence-corrected chi connectivity index (χ1v) is 17.1. The Labute approximate surface area is 287 Å². The number of furan rings is 2. The van der Waals surface area contributed by atoms with Crippen molar-refractivity contribution in [1.82, 2.24) is 0 Å². The lowest BCUT2D eigenvalue weighted by molar-refractivity contribution is 0.616. The first kappa shape index (κ1) is 27.3. The molecular weight excluding hydrogens is 609 g/mol. The summed E-state index contributed by atoms with van der Waals surface area (Å²) in [5, 5.41) is 13.2. The molecule has 2 aromatic heterocycles. The van der Waals surface area contributed by atoms with Crippen molar-refractivity contribution in [1.29, 1.82) is 0 Å². The second-order valence-electron chi connectivity index (χ2n) is 13.2. The summed E-state index contributed by atoms with van der Waals surface area (Å²) in [5.41, 5.74) is 9.94. The second kappa shape index (κ2) is 10.4. The van der Waals surface area contributed by atoms with Crippen LogP contribution in [0.3, 0.4) is 0 Å². The predicted octanol–water partition coefficient (Wildman–Crippen LogP) is 13.9. The quantitative estimate of drug-likeness (QED) is 0.180. The van der Waals surface area contributed by atoms with Crippen LogP contribution in [0.5, 0.6) is 0 Å². The Morgan fingerprint density at radius 3 is 1.76 bits per heavy atom. The van der Waals surface area contributed by atoms with Crippen LogP contribution in [-0.2, 0) is 0 Å². The highest BCUT2D eigenvalue weighted by molar-refractivity contribution is 6.28. The molecule has 0 spiro atoms. The smallest absolute Gasteiger partial charge is 0.136 e. The molecule has 0 aliphatic rings. The van der Waals surface area contributed by atoms with Crippen LogP contribution < -0.4 is 0 Å². The van der Waals surface area contributed by atoms with Gasteiger partial charge in [0.1, 0.15) is 16.7 Å². The minimum Gasteiger partial charge on any atom is -0.464 e. The Bertz CT molecular complexity index is 3100. The predicted molar refractivity (Wildman–Crippen MR) is 210 cm³/mol. The van der Waals surface area contributed by atoms with Gasteiger partial charge in [-0.2, -0.15) is 0 Å². The zero-order chi connectivity index (χ0) is 32.8. The summed E-state index contributed by atoms with van der Waals surface area (Å²) in [5.74, 6) is 0. The van der Waals surface area contributed by atoms with Gasteiger partial charge in [-0.25, -0.2) is 0 Å². The fraction of sp³-hybridized carbons (Fsp3) is 0. The molecule has 0 aliphatic carbocycles. The van der Waals surface area contributed by atoms with E-state index in [0.29, 0.717) is 0 Å². The van der Waals surface area contributed by atoms with Crippen LogP contribution in [0.2, 0.25) is 0 Å². The molecule has 0 aliphatic heterocycles. The molecule has 0 saturated carbocycles. The zero-order valence-corrected chi connectivity index (χ0v) is 27.0. The van der Waals surface area contributed by atoms with Crippen LogP contribution >= 0.6 is 0 Å². The molecule has 0 N–H and O–H groups in total. The molecule has 0 unspecified atom stereocenters. The number of para-hydroxylation sites is 1. The molecule has 0 bridgehead atoms. The highest BCUT2D eigenvalue weighted by Crippen LogP contribution is 2.48. The minimum absolute atomic E-state index is 0.904. The van der Waals surface area contributed by atoms with Crippen LogP contribution in [0, 0.1) is 0 Å². The van der Waals surface area contributed by atoms with Crippen molar-refractivity contribution in [2.75, 3.05) is 0 Å². The topological polar surface area (TPSA) is 26.3 Å². The van der Waals surface area contributed by atoms with Crippen molar-refractivity contribution in [3.8, 4) is 33.4 Å². The third-order valence-corrected chi connectivity index (χ3v) is 10.5. The molecular formula is C48H28O2. The molecule has 50 heavy (non-hydrogen) atoms. The summed E-state index contributed by atoms with van der Waals surface area (Å²) in [6, 6.07) is 59.2. The number of hydrogen-bond donors (Lipinski definition) is 0. The largest absolute Gasteiger partial charge is 0.464 e. The van der Waals surface area contributed by atoms with E-state index in [1.165, 1.54) is 76.3 Å². The lowest BCUT2D eigenvalue weighted by Gasteiger charge is -2.19. The van der Waals surface area contributed by atoms with Gasteiger partial charge < -0.3 is 8.83 Å². The molecule has 9 aromatic carbocycles. The maximum absolute atomic E-state index is 6.53. The van der Waals surface area contributed by atoms with Gasteiger partial charge in [-0.05, 0) is 107 Å². The molecule has 11 rings (SSSR count). The monoisotopic (exact) mass is 636 g/mol. The van der Waals surface area contributed by atoms with Gasteiger partial charge in [-0.15, -0.1) is 0 Å². The fourth-order valence-electron chi connectivity index (χ4n) is 8.34. The minimum atomic E-state index is 0.904. The lowest BCUT2D eigenvalue weighted by Crippen LogP contribution is -1.92. The molecule has 2 heterocycles. The number of fused-ring (bicyclic) bond motifs is 9. The summed E-state index contributed by atoms with van der Waals surface area (Å²) >= 11 is 0. The van der Waals surface area contributed by atoms with Gasteiger partial charge in [-0.1, -0.05) is 133 Å². The summed E-state index contributed by atoms with van der Waals surface area (Å²) in [7, 11) is 0. The van der Waals surface area contributed by atoms with Crippen LogP contribution in [0.1, 0.15) is 0 Å². The number of hydrogen-bond acceptors (Lipinski definition) is 2. The van der Waals surface area contributed by atoms with Gasteiger partial charge in [0.2, 0.25) is 0 Å². The van der Waals surface area contributed by atoms with E-state index in [9.17, 15) is 0 Å². The Hall–Kier alpha value is -6.64. The van der Waals surface area contributed by atoms with Gasteiger partial charge in [0.15, 0.2) is 0 Å². The Morgan fingerprint density at radius 2 is 0.980 bits per heavy atom. The molecule has 0 atom stereocenters. The first-order chi connectivity index (χ1) is 24.8. The molecule has 11 aromatic rings. The van der Waals surface area contributed by atoms with E-state index in [1.807, 2.05) is 12.1 Å². The van der Waals surface area contributed by atoms with Crippen LogP contribution in [0.25, 0.3) is 109 Å². The summed E-state index contributed by atoms with van der Waals surface area (Å²) in [4.78, 5) is 0. The van der Waals surface area contributed by atoms with Crippen LogP contribution in [-0.4, -0.2) is 0 Å². The van der Waals surface area contributed by atoms with E-state index in [4.69, 9.17) is 8.83 Å². The van der Waals surface area contributed by atoms with E-state index in [2.05, 4.69) is 152 Å². The molecule has 0 fully saturated rings. The Morgan fingerprint density at radius 1 is 0.320 bits per heavy atom. The van der Waals surface area contributed by atoms with Gasteiger partial charge in [-0.3, -0.25) is 0 Å². The zero-order valence-electron chi connectivity index (χ0n) is 27.0. The average Bonchev–Trinajstić information content (AvgIpc) is 3.80. The molecule has 0 saturated heterocycles. The Kier molecular flexibility index (Phi) is 5.70. The molecule has 0 radical (unpaired) electrons. The molecule has 2 heteroatoms. The lowest BCUT2D eigenvalue weighted by atomic mass is 9.84. The van der Waals surface area contributed by atoms with Crippen molar-refractivity contribution < 1.29 is 8.83 Å². The standard InChI is InChI=1S/C48H28O2/c1-2-12-36-35(11-1)42(28-45-48(36)41-17-7-8-19-43(41)50-45)47-39-15-5-3-13-37(39)46(38-14-4-6-16-40(38)47)32-22-23-34-30(26-32)10-9-18-33(34)31-21-20-29-24-25-49-44(29)27-31/h1-28H. The van der Waals surface area contributed by atoms with Crippen molar-refractivity contribution in [2.45, 2.75) is 0 Å². The van der Waals surface area contributed by atoms with Crippen molar-refractivity contribution >= 4 is 76.0 Å². The third kappa shape index (κ3) is 3.90. The molecule has 232 valence electrons. The van der Waals surface area contributed by atoms with Crippen LogP contribution in [0.15, 0.2) is 179 Å². The van der Waals surface area contributed by atoms with Crippen LogP contribution in [0.4, 0.5) is 0 Å². The highest BCUT2D eigenvalue weighted by atomic mass is 16.3. The van der Waals surface area contributed by atoms with Gasteiger partial charge in [0.25, 0.3) is 0 Å². The molecule has 2 nitrogen and oxygen atoms in total. The first-order valence-electron chi connectivity index (χ1n) is 17.1. The van der Waals surface area contributed by atoms with Crippen molar-refractivity contribution in [2.24, 2.45) is 0 Å². The summed E-state index contributed by atoms with van der Waals surface area (Å²) in [6.07, 6.45) is 1.75. The number of rotatable bonds is 3. The van der Waals surface area contributed by atoms with E-state index < -0.39 is 0 Å². The SMILES string of the molecule is c1cc(-c2ccc3ccoc3c2)c2ccc(-c3c4ccccc4c(-c4cc5oc6ccccc6c5c5ccccc45)c4ccccc34)cc2c1. The van der Waals surface area contributed by atoms with Gasteiger partial charge in [0.05, 0.1) is 6.26 Å². The average molecular weight is 637 g/mol. The highest BCUT2D eigenvalue weighted by Gasteiger charge is 2.21. The summed E-state index contributed by atoms with van der Waals surface area (Å²) in [6.45, 7) is 0.